The van der Waals surface area contributed by atoms with Gasteiger partial charge in [0.25, 0.3) is 7.65 Å². The molecule has 0 aromatic carbocycles. The summed E-state index contributed by atoms with van der Waals surface area (Å²) >= 11 is 5.94. The predicted octanol–water partition coefficient (Wildman–Crippen LogP) is 3.03. The van der Waals surface area contributed by atoms with Crippen molar-refractivity contribution in [1.29, 1.82) is 0 Å². The third-order valence-corrected chi connectivity index (χ3v) is 3.40. The molecule has 12 heavy (non-hydrogen) atoms. The average Bonchev–Trinajstić information content (AvgIpc) is 2.32. The van der Waals surface area contributed by atoms with Gasteiger partial charge in [0, 0.05) is 6.04 Å². The fraction of sp³-hybridized carbons (Fsp3) is 0.714. The summed E-state index contributed by atoms with van der Waals surface area (Å²) in [6.07, 6.45) is 1.83. The monoisotopic (exact) mass is 209 g/mol. The topological polar surface area (TPSA) is 21.7 Å². The molecule has 0 N–H and O–H groups in total. The van der Waals surface area contributed by atoms with E-state index >= 15 is 0 Å². The number of rotatable bonds is 3. The molecule has 0 fully saturated rings. The van der Waals surface area contributed by atoms with E-state index in [9.17, 15) is 0 Å². The highest BCUT2D eigenvalue weighted by atomic mass is 35.7. The lowest BCUT2D eigenvalue weighted by molar-refractivity contribution is 0.130. The van der Waals surface area contributed by atoms with Gasteiger partial charge in [-0.1, -0.05) is 0 Å². The molecule has 0 spiro atoms. The molecule has 0 aromatic rings. The lowest BCUT2D eigenvalue weighted by Gasteiger charge is -2.20. The molecule has 0 radical (unpaired) electrons. The largest absolute Gasteiger partial charge is 0.464 e. The molecule has 1 aliphatic rings. The second kappa shape index (κ2) is 4.20. The van der Waals surface area contributed by atoms with Crippen LogP contribution in [0.2, 0.25) is 0 Å². The second-order valence-corrected chi connectivity index (χ2v) is 4.64. The van der Waals surface area contributed by atoms with E-state index in [4.69, 9.17) is 20.5 Å². The van der Waals surface area contributed by atoms with Gasteiger partial charge in [0.15, 0.2) is 0 Å². The zero-order valence-electron chi connectivity index (χ0n) is 7.45. The van der Waals surface area contributed by atoms with Crippen molar-refractivity contribution in [2.45, 2.75) is 26.8 Å². The van der Waals surface area contributed by atoms with Crippen molar-refractivity contribution in [3.63, 3.8) is 0 Å². The number of halogens is 1. The fourth-order valence-corrected chi connectivity index (χ4v) is 2.58. The summed E-state index contributed by atoms with van der Waals surface area (Å²) in [5, 5.41) is 0. The predicted molar refractivity (Wildman–Crippen MR) is 50.5 cm³/mol. The zero-order chi connectivity index (χ0) is 9.14. The van der Waals surface area contributed by atoms with Crippen LogP contribution in [0.3, 0.4) is 0 Å². The zero-order valence-corrected chi connectivity index (χ0v) is 9.10. The van der Waals surface area contributed by atoms with Crippen LogP contribution in [0.1, 0.15) is 20.8 Å². The standard InChI is InChI=1S/C7H13ClNO2P/c1-4-10-7-5-9(6(2)3)12(8)11-7/h5-6H,4H2,1-3H3. The maximum absolute atomic E-state index is 5.94. The summed E-state index contributed by atoms with van der Waals surface area (Å²) in [5.74, 6) is 0.535. The summed E-state index contributed by atoms with van der Waals surface area (Å²) in [6.45, 7) is 6.65. The minimum atomic E-state index is -1.03. The van der Waals surface area contributed by atoms with E-state index < -0.39 is 7.65 Å². The van der Waals surface area contributed by atoms with Gasteiger partial charge in [0.1, 0.15) is 0 Å². The van der Waals surface area contributed by atoms with E-state index in [0.29, 0.717) is 18.6 Å². The first-order chi connectivity index (χ1) is 5.65. The summed E-state index contributed by atoms with van der Waals surface area (Å²) < 4.78 is 12.4. The highest BCUT2D eigenvalue weighted by Gasteiger charge is 2.28. The van der Waals surface area contributed by atoms with E-state index in [1.165, 1.54) is 0 Å². The Morgan fingerprint density at radius 2 is 2.42 bits per heavy atom. The van der Waals surface area contributed by atoms with Crippen molar-refractivity contribution < 1.29 is 9.26 Å². The molecule has 1 heterocycles. The molecule has 0 amide bonds. The lowest BCUT2D eigenvalue weighted by Crippen LogP contribution is -2.15. The number of hydrogen-bond donors (Lipinski definition) is 0. The van der Waals surface area contributed by atoms with Crippen LogP contribution in [0.5, 0.6) is 0 Å². The first-order valence-electron chi connectivity index (χ1n) is 3.92. The van der Waals surface area contributed by atoms with Gasteiger partial charge < -0.3 is 13.9 Å². The van der Waals surface area contributed by atoms with Gasteiger partial charge in [-0.2, -0.15) is 0 Å². The molecule has 0 saturated carbocycles. The quantitative estimate of drug-likeness (QED) is 0.667. The van der Waals surface area contributed by atoms with Crippen molar-refractivity contribution in [3.05, 3.63) is 12.1 Å². The second-order valence-electron chi connectivity index (χ2n) is 2.67. The van der Waals surface area contributed by atoms with Crippen LogP contribution in [0.4, 0.5) is 0 Å². The van der Waals surface area contributed by atoms with E-state index in [-0.39, 0.29) is 0 Å². The van der Waals surface area contributed by atoms with E-state index in [2.05, 4.69) is 13.8 Å². The third-order valence-electron chi connectivity index (χ3n) is 1.40. The molecule has 3 nitrogen and oxygen atoms in total. The lowest BCUT2D eigenvalue weighted by atomic mass is 10.4. The van der Waals surface area contributed by atoms with E-state index in [0.717, 1.165) is 0 Å². The first-order valence-corrected chi connectivity index (χ1v) is 6.03. The van der Waals surface area contributed by atoms with Crippen molar-refractivity contribution in [1.82, 2.24) is 4.67 Å². The number of nitrogens with zero attached hydrogens (tertiary/aromatic N) is 1. The number of ether oxygens (including phenoxy) is 1. The molecule has 0 aliphatic carbocycles. The van der Waals surface area contributed by atoms with Gasteiger partial charge in [0.05, 0.1) is 12.8 Å². The van der Waals surface area contributed by atoms with Gasteiger partial charge >= 0.3 is 5.95 Å². The minimum Gasteiger partial charge on any atom is -0.464 e. The van der Waals surface area contributed by atoms with E-state index in [1.807, 2.05) is 17.8 Å². The van der Waals surface area contributed by atoms with Gasteiger partial charge in [-0.15, -0.1) is 0 Å². The maximum atomic E-state index is 5.94. The van der Waals surface area contributed by atoms with Gasteiger partial charge in [-0.3, -0.25) is 0 Å². The Hall–Kier alpha value is -0.140. The Kier molecular flexibility index (Phi) is 3.48. The minimum absolute atomic E-state index is 0.353. The smallest absolute Gasteiger partial charge is 0.301 e. The molecule has 5 heteroatoms. The number of hydrogen-bond acceptors (Lipinski definition) is 3. The van der Waals surface area contributed by atoms with Crippen LogP contribution in [0.25, 0.3) is 0 Å². The Bertz CT molecular complexity index is 186. The molecular formula is C7H13ClNO2P. The molecule has 0 saturated heterocycles. The highest BCUT2D eigenvalue weighted by Crippen LogP contribution is 2.54. The van der Waals surface area contributed by atoms with Gasteiger partial charge in [-0.25, -0.2) is 0 Å². The summed E-state index contributed by atoms with van der Waals surface area (Å²) in [4.78, 5) is 0. The SMILES string of the molecule is CCOC1=CN(C(C)C)P(Cl)O1. The maximum Gasteiger partial charge on any atom is 0.301 e. The molecule has 1 atom stereocenters. The average molecular weight is 210 g/mol. The van der Waals surface area contributed by atoms with Crippen LogP contribution in [-0.4, -0.2) is 17.3 Å². The normalized spacial score (nSPS) is 22.6. The van der Waals surface area contributed by atoms with Crippen LogP contribution < -0.4 is 0 Å². The van der Waals surface area contributed by atoms with Crippen molar-refractivity contribution in [2.75, 3.05) is 6.61 Å². The molecule has 1 rings (SSSR count). The summed E-state index contributed by atoms with van der Waals surface area (Å²) in [6, 6.07) is 0.353. The Morgan fingerprint density at radius 3 is 2.83 bits per heavy atom. The van der Waals surface area contributed by atoms with Crippen molar-refractivity contribution in [3.8, 4) is 0 Å². The molecular weight excluding hydrogens is 197 g/mol. The molecule has 1 unspecified atom stereocenters. The van der Waals surface area contributed by atoms with Gasteiger partial charge in [0.2, 0.25) is 0 Å². The third kappa shape index (κ3) is 2.18. The van der Waals surface area contributed by atoms with Crippen molar-refractivity contribution in [2.24, 2.45) is 0 Å². The van der Waals surface area contributed by atoms with Crippen LogP contribution in [0.15, 0.2) is 12.1 Å². The summed E-state index contributed by atoms with van der Waals surface area (Å²) in [5.41, 5.74) is 0. The van der Waals surface area contributed by atoms with Gasteiger partial charge in [-0.05, 0) is 32.0 Å². The molecule has 0 aromatic heterocycles. The first kappa shape index (κ1) is 9.94. The Balaban J connectivity index is 2.54. The highest BCUT2D eigenvalue weighted by molar-refractivity contribution is 7.78. The van der Waals surface area contributed by atoms with Crippen LogP contribution in [0, 0.1) is 0 Å². The van der Waals surface area contributed by atoms with Crippen molar-refractivity contribution >= 4 is 18.9 Å². The van der Waals surface area contributed by atoms with Crippen LogP contribution >= 0.6 is 18.9 Å². The fourth-order valence-electron chi connectivity index (χ4n) is 0.835. The van der Waals surface area contributed by atoms with Crippen LogP contribution in [-0.2, 0) is 9.26 Å². The molecule has 70 valence electrons. The molecule has 1 aliphatic heterocycles. The Morgan fingerprint density at radius 1 is 1.75 bits per heavy atom. The summed E-state index contributed by atoms with van der Waals surface area (Å²) in [7, 11) is -1.03. The molecule has 0 bridgehead atoms. The Labute approximate surface area is 79.0 Å². The van der Waals surface area contributed by atoms with E-state index in [1.54, 1.807) is 0 Å².